The molecular weight excluding hydrogens is 713 g/mol. The SMILES string of the molecule is Cc1c(S(=O)(=O)NCCO)sc2ccc(-c3ccc(C(=O)NS(=O)(=O)c4ccc(NCCSc5ccccc5O)c([N+](=O)[O-])c4)cc3)cc12. The Balaban J connectivity index is 1.27. The number of nitro groups is 1. The van der Waals surface area contributed by atoms with Crippen molar-refractivity contribution in [1.82, 2.24) is 9.44 Å². The van der Waals surface area contributed by atoms with Crippen molar-refractivity contribution < 1.29 is 36.8 Å². The van der Waals surface area contributed by atoms with Crippen molar-refractivity contribution >= 4 is 70.5 Å². The zero-order valence-electron chi connectivity index (χ0n) is 25.7. The highest BCUT2D eigenvalue weighted by Crippen LogP contribution is 2.37. The molecule has 5 N–H and O–H groups in total. The van der Waals surface area contributed by atoms with Crippen molar-refractivity contribution in [3.8, 4) is 16.9 Å². The number of aliphatic hydroxyl groups is 1. The molecule has 0 aliphatic rings. The van der Waals surface area contributed by atoms with Gasteiger partial charge in [0, 0.05) is 40.1 Å². The second-order valence-corrected chi connectivity index (χ2v) is 16.4. The van der Waals surface area contributed by atoms with Gasteiger partial charge in [-0.15, -0.1) is 23.1 Å². The van der Waals surface area contributed by atoms with Crippen molar-refractivity contribution in [3.63, 3.8) is 0 Å². The molecule has 5 rings (SSSR count). The molecule has 0 saturated heterocycles. The monoisotopic (exact) mass is 742 g/mol. The summed E-state index contributed by atoms with van der Waals surface area (Å²) in [7, 11) is -8.28. The molecule has 0 atom stereocenters. The molecule has 0 radical (unpaired) electrons. The summed E-state index contributed by atoms with van der Waals surface area (Å²) in [5.74, 6) is -0.357. The summed E-state index contributed by atoms with van der Waals surface area (Å²) >= 11 is 2.45. The summed E-state index contributed by atoms with van der Waals surface area (Å²) in [6.45, 7) is 1.55. The zero-order chi connectivity index (χ0) is 35.3. The number of aromatic hydroxyl groups is 1. The van der Waals surface area contributed by atoms with Crippen LogP contribution in [0.2, 0.25) is 0 Å². The smallest absolute Gasteiger partial charge is 0.293 e. The maximum Gasteiger partial charge on any atom is 0.293 e. The fourth-order valence-corrected chi connectivity index (χ4v) is 9.46. The van der Waals surface area contributed by atoms with Crippen molar-refractivity contribution in [2.24, 2.45) is 0 Å². The molecule has 0 unspecified atom stereocenters. The Kier molecular flexibility index (Phi) is 10.9. The van der Waals surface area contributed by atoms with E-state index in [0.29, 0.717) is 21.8 Å². The number of hydrogen-bond acceptors (Lipinski definition) is 12. The largest absolute Gasteiger partial charge is 0.507 e. The summed E-state index contributed by atoms with van der Waals surface area (Å²) in [6.07, 6.45) is 0. The summed E-state index contributed by atoms with van der Waals surface area (Å²) in [4.78, 5) is 24.2. The van der Waals surface area contributed by atoms with Crippen LogP contribution in [0.25, 0.3) is 21.2 Å². The highest BCUT2D eigenvalue weighted by Gasteiger charge is 2.25. The lowest BCUT2D eigenvalue weighted by Gasteiger charge is -2.11. The number of rotatable bonds is 14. The highest BCUT2D eigenvalue weighted by molar-refractivity contribution is 7.99. The summed E-state index contributed by atoms with van der Waals surface area (Å²) in [6, 6.07) is 21.6. The van der Waals surface area contributed by atoms with Crippen molar-refractivity contribution in [2.45, 2.75) is 20.9 Å². The minimum Gasteiger partial charge on any atom is -0.507 e. The van der Waals surface area contributed by atoms with Gasteiger partial charge in [-0.3, -0.25) is 14.9 Å². The zero-order valence-corrected chi connectivity index (χ0v) is 29.0. The lowest BCUT2D eigenvalue weighted by atomic mass is 10.0. The molecule has 0 fully saturated rings. The average Bonchev–Trinajstić information content (AvgIpc) is 3.42. The minimum atomic E-state index is -4.48. The molecule has 256 valence electrons. The first kappa shape index (κ1) is 35.8. The van der Waals surface area contributed by atoms with E-state index < -0.39 is 41.5 Å². The van der Waals surface area contributed by atoms with E-state index in [1.807, 2.05) is 10.8 Å². The van der Waals surface area contributed by atoms with E-state index in [4.69, 9.17) is 5.11 Å². The Morgan fingerprint density at radius 1 is 0.918 bits per heavy atom. The van der Waals surface area contributed by atoms with Crippen molar-refractivity contribution in [2.75, 3.05) is 30.8 Å². The number of benzene rings is 4. The number of fused-ring (bicyclic) bond motifs is 1. The van der Waals surface area contributed by atoms with Crippen LogP contribution >= 0.6 is 23.1 Å². The molecule has 0 aliphatic heterocycles. The number of amides is 1. The Hall–Kier alpha value is -4.52. The maximum atomic E-state index is 13.1. The van der Waals surface area contributed by atoms with Crippen LogP contribution in [0.1, 0.15) is 15.9 Å². The number of nitro benzene ring substituents is 1. The first-order valence-electron chi connectivity index (χ1n) is 14.5. The second kappa shape index (κ2) is 14.9. The molecule has 0 spiro atoms. The highest BCUT2D eigenvalue weighted by atomic mass is 32.2. The van der Waals surface area contributed by atoms with Crippen LogP contribution in [-0.4, -0.2) is 63.3 Å². The minimum absolute atomic E-state index is 0.0261. The van der Waals surface area contributed by atoms with Crippen LogP contribution in [0.5, 0.6) is 5.75 Å². The fourth-order valence-electron chi connectivity index (χ4n) is 4.84. The standard InChI is InChI=1S/C32H30N4O9S4/c1-20-25-18-23(10-13-29(25)47-32(20)49(44,45)34-14-16-37)21-6-8-22(9-7-21)31(39)35-48(42,43)24-11-12-26(27(19-24)36(40)41)33-15-17-46-30-5-3-2-4-28(30)38/h2-13,18-19,33-34,37-38H,14-17H2,1H3,(H,35,39). The number of thioether (sulfide) groups is 1. The van der Waals surface area contributed by atoms with Crippen LogP contribution in [0.3, 0.4) is 0 Å². The predicted molar refractivity (Wildman–Crippen MR) is 189 cm³/mol. The summed E-state index contributed by atoms with van der Waals surface area (Å²) in [5.41, 5.74) is 1.61. The van der Waals surface area contributed by atoms with Gasteiger partial charge in [-0.05, 0) is 77.5 Å². The van der Waals surface area contributed by atoms with E-state index in [0.717, 1.165) is 39.1 Å². The normalized spacial score (nSPS) is 11.8. The molecule has 4 aromatic carbocycles. The number of phenols is 1. The number of carbonyl (C=O) groups is 1. The molecule has 17 heteroatoms. The fraction of sp³-hybridized carbons (Fsp3) is 0.156. The Labute approximate surface area is 290 Å². The first-order valence-corrected chi connectivity index (χ1v) is 19.3. The topological polar surface area (TPSA) is 205 Å². The lowest BCUT2D eigenvalue weighted by Crippen LogP contribution is -2.30. The molecule has 0 bridgehead atoms. The number of sulfonamides is 2. The Bertz CT molecular complexity index is 2260. The van der Waals surface area contributed by atoms with Crippen LogP contribution < -0.4 is 14.8 Å². The van der Waals surface area contributed by atoms with E-state index in [2.05, 4.69) is 10.0 Å². The van der Waals surface area contributed by atoms with Gasteiger partial charge < -0.3 is 15.5 Å². The van der Waals surface area contributed by atoms with Gasteiger partial charge in [-0.2, -0.15) is 0 Å². The number of aliphatic hydroxyl groups excluding tert-OH is 1. The van der Waals surface area contributed by atoms with E-state index in [-0.39, 0.29) is 40.9 Å². The number of phenolic OH excluding ortho intramolecular Hbond substituents is 1. The molecule has 49 heavy (non-hydrogen) atoms. The van der Waals surface area contributed by atoms with Gasteiger partial charge in [0.15, 0.2) is 0 Å². The van der Waals surface area contributed by atoms with Gasteiger partial charge >= 0.3 is 0 Å². The number of anilines is 1. The van der Waals surface area contributed by atoms with Crippen molar-refractivity contribution in [3.05, 3.63) is 106 Å². The molecule has 5 aromatic rings. The Morgan fingerprint density at radius 2 is 1.63 bits per heavy atom. The number of nitrogens with zero attached hydrogens (tertiary/aromatic N) is 1. The Morgan fingerprint density at radius 3 is 2.33 bits per heavy atom. The molecule has 0 saturated carbocycles. The third-order valence-corrected chi connectivity index (χ3v) is 13.0. The molecule has 0 aliphatic carbocycles. The molecule has 1 amide bonds. The van der Waals surface area contributed by atoms with E-state index in [1.165, 1.54) is 30.0 Å². The quantitative estimate of drug-likeness (QED) is 0.0439. The van der Waals surface area contributed by atoms with Crippen LogP contribution in [0, 0.1) is 17.0 Å². The van der Waals surface area contributed by atoms with Gasteiger partial charge in [0.1, 0.15) is 15.6 Å². The van der Waals surface area contributed by atoms with Gasteiger partial charge in [0.05, 0.1) is 16.4 Å². The summed E-state index contributed by atoms with van der Waals surface area (Å²) in [5, 5.41) is 34.3. The van der Waals surface area contributed by atoms with Gasteiger partial charge in [0.2, 0.25) is 10.0 Å². The van der Waals surface area contributed by atoms with E-state index >= 15 is 0 Å². The second-order valence-electron chi connectivity index (χ2n) is 10.5. The van der Waals surface area contributed by atoms with Crippen LogP contribution in [0.15, 0.2) is 98.9 Å². The van der Waals surface area contributed by atoms with Gasteiger partial charge in [-0.25, -0.2) is 26.3 Å². The molecular formula is C32H30N4O9S4. The van der Waals surface area contributed by atoms with Crippen LogP contribution in [0.4, 0.5) is 11.4 Å². The molecule has 13 nitrogen and oxygen atoms in total. The average molecular weight is 743 g/mol. The molecule has 1 heterocycles. The van der Waals surface area contributed by atoms with E-state index in [1.54, 1.807) is 55.5 Å². The van der Waals surface area contributed by atoms with Gasteiger partial charge in [0.25, 0.3) is 21.6 Å². The first-order chi connectivity index (χ1) is 23.3. The summed E-state index contributed by atoms with van der Waals surface area (Å²) < 4.78 is 56.7. The van der Waals surface area contributed by atoms with E-state index in [9.17, 15) is 36.9 Å². The maximum absolute atomic E-state index is 13.1. The van der Waals surface area contributed by atoms with Gasteiger partial charge in [-0.1, -0.05) is 30.3 Å². The predicted octanol–water partition coefficient (Wildman–Crippen LogP) is 5.08. The number of hydrogen-bond donors (Lipinski definition) is 5. The third-order valence-electron chi connectivity index (χ3n) is 7.26. The lowest BCUT2D eigenvalue weighted by molar-refractivity contribution is -0.384. The number of nitrogens with one attached hydrogen (secondary N) is 3. The van der Waals surface area contributed by atoms with Crippen molar-refractivity contribution in [1.29, 1.82) is 0 Å². The number of para-hydroxylation sites is 1. The number of carbonyl (C=O) groups excluding carboxylic acids is 1. The molecule has 1 aromatic heterocycles. The number of aryl methyl sites for hydroxylation is 1. The van der Waals surface area contributed by atoms with Crippen LogP contribution in [-0.2, 0) is 20.0 Å². The third kappa shape index (κ3) is 8.21. The number of thiophene rings is 1.